The highest BCUT2D eigenvalue weighted by Crippen LogP contribution is 2.11. The number of halogens is 2. The lowest BCUT2D eigenvalue weighted by atomic mass is 10.1. The van der Waals surface area contributed by atoms with Crippen LogP contribution in [0.15, 0.2) is 60.7 Å². The largest absolute Gasteiger partial charge is 0.392 e. The highest BCUT2D eigenvalue weighted by atomic mass is 19.1. The Morgan fingerprint density at radius 2 is 2.26 bits per heavy atom. The van der Waals surface area contributed by atoms with E-state index < -0.39 is 11.9 Å². The molecule has 0 unspecified atom stereocenters. The number of terminal acetylenes is 1. The van der Waals surface area contributed by atoms with Gasteiger partial charge >= 0.3 is 0 Å². The van der Waals surface area contributed by atoms with E-state index >= 15 is 0 Å². The Labute approximate surface area is 136 Å². The van der Waals surface area contributed by atoms with Crippen molar-refractivity contribution >= 4 is 0 Å². The van der Waals surface area contributed by atoms with E-state index in [0.29, 0.717) is 37.6 Å². The second-order valence-corrected chi connectivity index (χ2v) is 5.15. The van der Waals surface area contributed by atoms with E-state index in [-0.39, 0.29) is 6.33 Å². The van der Waals surface area contributed by atoms with Gasteiger partial charge in [0.1, 0.15) is 5.83 Å². The van der Waals surface area contributed by atoms with Crippen LogP contribution in [0.4, 0.5) is 8.78 Å². The maximum atomic E-state index is 13.0. The smallest absolute Gasteiger partial charge is 0.125 e. The summed E-state index contributed by atoms with van der Waals surface area (Å²) in [5.74, 6) is 1.88. The normalized spacial score (nSPS) is 13.0. The van der Waals surface area contributed by atoms with E-state index in [1.54, 1.807) is 0 Å². The topological polar surface area (TPSA) is 32.3 Å². The first kappa shape index (κ1) is 18.8. The molecule has 0 aliphatic heterocycles. The van der Waals surface area contributed by atoms with Gasteiger partial charge in [0.15, 0.2) is 0 Å². The van der Waals surface area contributed by atoms with Crippen LogP contribution in [-0.4, -0.2) is 17.8 Å². The third-order valence-electron chi connectivity index (χ3n) is 3.17. The third-order valence-corrected chi connectivity index (χ3v) is 3.17. The van der Waals surface area contributed by atoms with E-state index in [0.717, 1.165) is 17.2 Å². The Morgan fingerprint density at radius 1 is 1.48 bits per heavy atom. The van der Waals surface area contributed by atoms with Crippen molar-refractivity contribution < 1.29 is 13.9 Å². The number of nitrogens with one attached hydrogen (secondary N) is 1. The molecule has 0 aromatic heterocycles. The number of hydrogen-bond donors (Lipinski definition) is 2. The maximum absolute atomic E-state index is 13.0. The number of aliphatic hydroxyl groups excluding tert-OH is 1. The predicted octanol–water partition coefficient (Wildman–Crippen LogP) is 3.79. The van der Waals surface area contributed by atoms with Gasteiger partial charge in [-0.05, 0) is 36.6 Å². The molecule has 2 nitrogen and oxygen atoms in total. The summed E-state index contributed by atoms with van der Waals surface area (Å²) in [6.45, 7) is 4.68. The summed E-state index contributed by atoms with van der Waals surface area (Å²) >= 11 is 0. The average molecular weight is 317 g/mol. The minimum Gasteiger partial charge on any atom is -0.392 e. The molecule has 4 heteroatoms. The van der Waals surface area contributed by atoms with Crippen LogP contribution in [0.1, 0.15) is 24.0 Å². The average Bonchev–Trinajstić information content (AvgIpc) is 2.53. The molecule has 0 spiro atoms. The van der Waals surface area contributed by atoms with E-state index in [1.807, 2.05) is 24.3 Å². The molecule has 0 fully saturated rings. The first-order valence-corrected chi connectivity index (χ1v) is 7.31. The van der Waals surface area contributed by atoms with Gasteiger partial charge in [0.2, 0.25) is 0 Å². The molecule has 0 amide bonds. The minimum atomic E-state index is -0.696. The number of rotatable bonds is 9. The van der Waals surface area contributed by atoms with Crippen LogP contribution < -0.4 is 5.32 Å². The fourth-order valence-corrected chi connectivity index (χ4v) is 1.98. The first-order valence-electron chi connectivity index (χ1n) is 7.31. The molecule has 122 valence electrons. The quantitative estimate of drug-likeness (QED) is 0.536. The highest BCUT2D eigenvalue weighted by molar-refractivity contribution is 5.35. The van der Waals surface area contributed by atoms with Crippen LogP contribution in [-0.2, 0) is 6.54 Å². The zero-order chi connectivity index (χ0) is 17.1. The van der Waals surface area contributed by atoms with Gasteiger partial charge in [0.05, 0.1) is 12.4 Å². The highest BCUT2D eigenvalue weighted by Gasteiger charge is 2.05. The Balaban J connectivity index is 2.29. The van der Waals surface area contributed by atoms with Crippen LogP contribution in [0, 0.1) is 12.3 Å². The number of hydrogen-bond acceptors (Lipinski definition) is 2. The molecule has 23 heavy (non-hydrogen) atoms. The molecule has 1 aromatic carbocycles. The Morgan fingerprint density at radius 3 is 2.96 bits per heavy atom. The van der Waals surface area contributed by atoms with Gasteiger partial charge in [-0.2, -0.15) is 0 Å². The summed E-state index contributed by atoms with van der Waals surface area (Å²) < 4.78 is 24.8. The van der Waals surface area contributed by atoms with Crippen LogP contribution in [0.25, 0.3) is 0 Å². The second kappa shape index (κ2) is 10.5. The van der Waals surface area contributed by atoms with E-state index in [4.69, 9.17) is 6.42 Å². The molecular formula is C19H21F2NO. The van der Waals surface area contributed by atoms with Gasteiger partial charge in [0.25, 0.3) is 0 Å². The van der Waals surface area contributed by atoms with Gasteiger partial charge < -0.3 is 10.4 Å². The van der Waals surface area contributed by atoms with Crippen molar-refractivity contribution in [1.82, 2.24) is 5.32 Å². The molecular weight excluding hydrogens is 296 g/mol. The maximum Gasteiger partial charge on any atom is 0.125 e. The molecule has 1 atom stereocenters. The van der Waals surface area contributed by atoms with E-state index in [9.17, 15) is 13.9 Å². The van der Waals surface area contributed by atoms with Crippen LogP contribution in [0.2, 0.25) is 0 Å². The van der Waals surface area contributed by atoms with E-state index in [1.165, 1.54) is 0 Å². The number of allylic oxidation sites excluding steroid dienone is 4. The van der Waals surface area contributed by atoms with Crippen LogP contribution in [0.3, 0.4) is 0 Å². The third kappa shape index (κ3) is 8.10. The van der Waals surface area contributed by atoms with Gasteiger partial charge in [-0.25, -0.2) is 8.78 Å². The Kier molecular flexibility index (Phi) is 8.59. The summed E-state index contributed by atoms with van der Waals surface area (Å²) in [4.78, 5) is 0. The molecule has 0 aliphatic carbocycles. The van der Waals surface area contributed by atoms with Gasteiger partial charge in [-0.1, -0.05) is 30.2 Å². The monoisotopic (exact) mass is 317 g/mol. The van der Waals surface area contributed by atoms with Crippen molar-refractivity contribution in [3.63, 3.8) is 0 Å². The summed E-state index contributed by atoms with van der Waals surface area (Å²) in [7, 11) is 0. The van der Waals surface area contributed by atoms with Crippen LogP contribution >= 0.6 is 0 Å². The molecule has 2 N–H and O–H groups in total. The fourth-order valence-electron chi connectivity index (χ4n) is 1.98. The lowest BCUT2D eigenvalue weighted by Crippen LogP contribution is -2.26. The molecule has 0 bridgehead atoms. The van der Waals surface area contributed by atoms with Crippen LogP contribution in [0.5, 0.6) is 0 Å². The Hall–Kier alpha value is -2.22. The first-order chi connectivity index (χ1) is 11.0. The number of aliphatic hydroxyl groups is 1. The summed E-state index contributed by atoms with van der Waals surface area (Å²) in [6.07, 6.45) is 7.65. The van der Waals surface area contributed by atoms with Crippen molar-refractivity contribution in [2.75, 3.05) is 6.54 Å². The lowest BCUT2D eigenvalue weighted by Gasteiger charge is -2.12. The van der Waals surface area contributed by atoms with Gasteiger partial charge in [-0.3, -0.25) is 0 Å². The van der Waals surface area contributed by atoms with Crippen molar-refractivity contribution in [3.05, 3.63) is 71.9 Å². The van der Waals surface area contributed by atoms with Crippen molar-refractivity contribution in [1.29, 1.82) is 0 Å². The van der Waals surface area contributed by atoms with E-state index in [2.05, 4.69) is 17.8 Å². The summed E-state index contributed by atoms with van der Waals surface area (Å²) in [5.41, 5.74) is 2.36. The molecule has 1 aromatic rings. The summed E-state index contributed by atoms with van der Waals surface area (Å²) in [6, 6.07) is 7.61. The van der Waals surface area contributed by atoms with Crippen molar-refractivity contribution in [2.24, 2.45) is 0 Å². The second-order valence-electron chi connectivity index (χ2n) is 5.15. The number of benzene rings is 1. The minimum absolute atomic E-state index is 0.132. The van der Waals surface area contributed by atoms with Crippen molar-refractivity contribution in [2.45, 2.75) is 25.5 Å². The molecule has 0 aliphatic rings. The lowest BCUT2D eigenvalue weighted by molar-refractivity contribution is 0.162. The molecule has 0 heterocycles. The van der Waals surface area contributed by atoms with Gasteiger partial charge in [0, 0.05) is 24.7 Å². The SMILES string of the molecule is C#Cc1cccc(CNC[C@@H](O)CCC(=C)/C=C(F)\C=C\F)c1. The van der Waals surface area contributed by atoms with Crippen molar-refractivity contribution in [3.8, 4) is 12.3 Å². The molecule has 0 radical (unpaired) electrons. The van der Waals surface area contributed by atoms with Gasteiger partial charge in [-0.15, -0.1) is 6.42 Å². The standard InChI is InChI=1S/C19H21F2NO/c1-3-16-5-4-6-17(12-16)13-22-14-19(23)8-7-15(2)11-18(21)9-10-20/h1,4-6,9-12,19,22-23H,2,7-8,13-14H2/b10-9+,18-11+/t19-/m0/s1. The fraction of sp³-hybridized carbons (Fsp3) is 0.263. The Bertz CT molecular complexity index is 614. The predicted molar refractivity (Wildman–Crippen MR) is 89.9 cm³/mol. The zero-order valence-corrected chi connectivity index (χ0v) is 12.9. The molecule has 1 rings (SSSR count). The summed E-state index contributed by atoms with van der Waals surface area (Å²) in [5, 5.41) is 13.0. The zero-order valence-electron chi connectivity index (χ0n) is 12.9. The molecule has 0 saturated carbocycles. The molecule has 0 saturated heterocycles.